The number of anilines is 1. The van der Waals surface area contributed by atoms with Crippen molar-refractivity contribution in [1.82, 2.24) is 14.9 Å². The molecule has 2 saturated heterocycles. The van der Waals surface area contributed by atoms with E-state index in [4.69, 9.17) is 10.7 Å². The van der Waals surface area contributed by atoms with E-state index in [1.807, 2.05) is 35.4 Å². The summed E-state index contributed by atoms with van der Waals surface area (Å²) in [5, 5.41) is 0. The van der Waals surface area contributed by atoms with Gasteiger partial charge in [-0.05, 0) is 30.3 Å². The smallest absolute Gasteiger partial charge is 0.253 e. The second-order valence-electron chi connectivity index (χ2n) is 7.80. The van der Waals surface area contributed by atoms with Crippen molar-refractivity contribution in [2.24, 2.45) is 17.6 Å². The molecule has 0 radical (unpaired) electrons. The van der Waals surface area contributed by atoms with E-state index in [2.05, 4.69) is 9.88 Å². The molecule has 1 aromatic heterocycles. The van der Waals surface area contributed by atoms with Crippen LogP contribution in [0, 0.1) is 11.8 Å². The summed E-state index contributed by atoms with van der Waals surface area (Å²) in [5.74, 6) is 1.15. The zero-order valence-electron chi connectivity index (χ0n) is 15.9. The summed E-state index contributed by atoms with van der Waals surface area (Å²) < 4.78 is 0. The minimum Gasteiger partial charge on any atom is -0.366 e. The molecule has 0 spiro atoms. The first-order valence-electron chi connectivity index (χ1n) is 9.74. The topological polar surface area (TPSA) is 92.4 Å². The van der Waals surface area contributed by atoms with Gasteiger partial charge in [-0.2, -0.15) is 0 Å². The molecular weight excluding hydrogens is 366 g/mol. The van der Waals surface area contributed by atoms with E-state index in [0.717, 1.165) is 29.9 Å². The number of fused-ring (bicyclic) bond motifs is 2. The lowest BCUT2D eigenvalue weighted by atomic mass is 10.0. The van der Waals surface area contributed by atoms with Crippen molar-refractivity contribution in [3.63, 3.8) is 0 Å². The standard InChI is InChI=1S/C22H21N5O2/c23-21(28)14-4-3-5-15(8-14)22(29)27-12-16-10-26(11-17(16)13-27)20-9-24-18-6-1-2-7-19(18)25-20/h1-9,16-17H,10-13H2,(H2,23,28)/t16-,17+. The normalized spacial score (nSPS) is 20.8. The second kappa shape index (κ2) is 6.84. The van der Waals surface area contributed by atoms with Gasteiger partial charge in [0.2, 0.25) is 5.91 Å². The number of rotatable bonds is 3. The van der Waals surface area contributed by atoms with Gasteiger partial charge in [-0.1, -0.05) is 18.2 Å². The van der Waals surface area contributed by atoms with Gasteiger partial charge in [-0.15, -0.1) is 0 Å². The van der Waals surface area contributed by atoms with Crippen molar-refractivity contribution >= 4 is 28.7 Å². The van der Waals surface area contributed by atoms with Crippen molar-refractivity contribution in [1.29, 1.82) is 0 Å². The summed E-state index contributed by atoms with van der Waals surface area (Å²) in [6.07, 6.45) is 1.83. The first-order chi connectivity index (χ1) is 14.1. The molecule has 7 heteroatoms. The number of amides is 2. The molecule has 2 N–H and O–H groups in total. The van der Waals surface area contributed by atoms with Crippen molar-refractivity contribution in [3.8, 4) is 0 Å². The third-order valence-corrected chi connectivity index (χ3v) is 5.93. The number of benzene rings is 2. The van der Waals surface area contributed by atoms with Crippen molar-refractivity contribution in [3.05, 3.63) is 65.9 Å². The lowest BCUT2D eigenvalue weighted by Gasteiger charge is -2.22. The third kappa shape index (κ3) is 3.18. The fourth-order valence-corrected chi connectivity index (χ4v) is 4.43. The molecule has 2 aliphatic rings. The van der Waals surface area contributed by atoms with Crippen LogP contribution in [0.15, 0.2) is 54.7 Å². The number of aromatic nitrogens is 2. The van der Waals surface area contributed by atoms with E-state index in [9.17, 15) is 9.59 Å². The van der Waals surface area contributed by atoms with Gasteiger partial charge in [0.25, 0.3) is 5.91 Å². The molecule has 146 valence electrons. The molecule has 5 rings (SSSR count). The Balaban J connectivity index is 1.28. The highest BCUT2D eigenvalue weighted by Gasteiger charge is 2.42. The quantitative estimate of drug-likeness (QED) is 0.741. The minimum absolute atomic E-state index is 0.0421. The van der Waals surface area contributed by atoms with Crippen LogP contribution in [0.2, 0.25) is 0 Å². The Hall–Kier alpha value is -3.48. The average Bonchev–Trinajstić information content (AvgIpc) is 3.32. The first kappa shape index (κ1) is 17.6. The Morgan fingerprint density at radius 3 is 2.31 bits per heavy atom. The number of likely N-dealkylation sites (tertiary alicyclic amines) is 1. The summed E-state index contributed by atoms with van der Waals surface area (Å²) in [5.41, 5.74) is 8.00. The van der Waals surface area contributed by atoms with Crippen LogP contribution in [-0.4, -0.2) is 52.9 Å². The average molecular weight is 387 g/mol. The fraction of sp³-hybridized carbons (Fsp3) is 0.273. The predicted molar refractivity (Wildman–Crippen MR) is 110 cm³/mol. The molecular formula is C22H21N5O2. The molecule has 2 fully saturated rings. The Morgan fingerprint density at radius 2 is 1.59 bits per heavy atom. The van der Waals surface area contributed by atoms with E-state index >= 15 is 0 Å². The van der Waals surface area contributed by atoms with Crippen LogP contribution in [0.25, 0.3) is 11.0 Å². The van der Waals surface area contributed by atoms with E-state index < -0.39 is 5.91 Å². The highest BCUT2D eigenvalue weighted by molar-refractivity contribution is 5.99. The van der Waals surface area contributed by atoms with Gasteiger partial charge in [-0.3, -0.25) is 14.6 Å². The Labute approximate surface area is 168 Å². The lowest BCUT2D eigenvalue weighted by Crippen LogP contribution is -2.33. The molecule has 7 nitrogen and oxygen atoms in total. The first-order valence-corrected chi connectivity index (χ1v) is 9.74. The fourth-order valence-electron chi connectivity index (χ4n) is 4.43. The van der Waals surface area contributed by atoms with E-state index in [1.165, 1.54) is 0 Å². The highest BCUT2D eigenvalue weighted by Crippen LogP contribution is 2.34. The van der Waals surface area contributed by atoms with E-state index in [0.29, 0.717) is 36.1 Å². The van der Waals surface area contributed by atoms with Crippen molar-refractivity contribution in [2.45, 2.75) is 0 Å². The summed E-state index contributed by atoms with van der Waals surface area (Å²) in [7, 11) is 0. The minimum atomic E-state index is -0.523. The molecule has 2 aliphatic heterocycles. The number of nitrogens with zero attached hydrogens (tertiary/aromatic N) is 4. The monoisotopic (exact) mass is 387 g/mol. The van der Waals surface area contributed by atoms with Crippen molar-refractivity contribution in [2.75, 3.05) is 31.1 Å². The van der Waals surface area contributed by atoms with Gasteiger partial charge >= 0.3 is 0 Å². The SMILES string of the molecule is NC(=O)c1cccc(C(=O)N2C[C@@H]3CN(c4cnc5ccccc5n4)C[C@@H]3C2)c1. The number of hydrogen-bond acceptors (Lipinski definition) is 5. The Kier molecular flexibility index (Phi) is 4.16. The number of primary amides is 1. The van der Waals surface area contributed by atoms with Gasteiger partial charge in [0.15, 0.2) is 0 Å². The summed E-state index contributed by atoms with van der Waals surface area (Å²) in [4.78, 5) is 37.7. The van der Waals surface area contributed by atoms with Crippen LogP contribution in [-0.2, 0) is 0 Å². The zero-order chi connectivity index (χ0) is 20.0. The maximum Gasteiger partial charge on any atom is 0.253 e. The van der Waals surface area contributed by atoms with Crippen LogP contribution < -0.4 is 10.6 Å². The highest BCUT2D eigenvalue weighted by atomic mass is 16.2. The second-order valence-corrected chi connectivity index (χ2v) is 7.80. The van der Waals surface area contributed by atoms with Gasteiger partial charge in [0.1, 0.15) is 5.82 Å². The number of hydrogen-bond donors (Lipinski definition) is 1. The Bertz CT molecular complexity index is 1100. The zero-order valence-corrected chi connectivity index (χ0v) is 15.9. The summed E-state index contributed by atoms with van der Waals surface area (Å²) in [6.45, 7) is 3.15. The molecule has 2 amide bonds. The van der Waals surface area contributed by atoms with E-state index in [-0.39, 0.29) is 5.91 Å². The molecule has 2 atom stereocenters. The molecule has 2 aromatic carbocycles. The van der Waals surface area contributed by atoms with E-state index in [1.54, 1.807) is 24.3 Å². The van der Waals surface area contributed by atoms with Crippen LogP contribution in [0.1, 0.15) is 20.7 Å². The number of nitrogens with two attached hydrogens (primary N) is 1. The lowest BCUT2D eigenvalue weighted by molar-refractivity contribution is 0.0782. The number of carbonyl (C=O) groups excluding carboxylic acids is 2. The summed E-state index contributed by atoms with van der Waals surface area (Å²) >= 11 is 0. The third-order valence-electron chi connectivity index (χ3n) is 5.93. The molecule has 0 saturated carbocycles. The predicted octanol–water partition coefficient (Wildman–Crippen LogP) is 1.94. The van der Waals surface area contributed by atoms with Gasteiger partial charge in [0.05, 0.1) is 17.2 Å². The number of carbonyl (C=O) groups is 2. The molecule has 3 aromatic rings. The maximum atomic E-state index is 12.9. The maximum absolute atomic E-state index is 12.9. The van der Waals surface area contributed by atoms with Crippen LogP contribution >= 0.6 is 0 Å². The van der Waals surface area contributed by atoms with Crippen molar-refractivity contribution < 1.29 is 9.59 Å². The molecule has 0 unspecified atom stereocenters. The molecule has 0 aliphatic carbocycles. The molecule has 3 heterocycles. The molecule has 0 bridgehead atoms. The van der Waals surface area contributed by atoms with Gasteiger partial charge in [0, 0.05) is 49.1 Å². The number of para-hydroxylation sites is 2. The van der Waals surface area contributed by atoms with Gasteiger partial charge in [-0.25, -0.2) is 4.98 Å². The largest absolute Gasteiger partial charge is 0.366 e. The van der Waals surface area contributed by atoms with Crippen LogP contribution in [0.3, 0.4) is 0 Å². The Morgan fingerprint density at radius 1 is 0.897 bits per heavy atom. The van der Waals surface area contributed by atoms with Crippen LogP contribution in [0.4, 0.5) is 5.82 Å². The summed E-state index contributed by atoms with van der Waals surface area (Å²) in [6, 6.07) is 14.5. The van der Waals surface area contributed by atoms with Gasteiger partial charge < -0.3 is 15.5 Å². The van der Waals surface area contributed by atoms with Crippen LogP contribution in [0.5, 0.6) is 0 Å². The molecule has 29 heavy (non-hydrogen) atoms.